The molecule has 19 heavy (non-hydrogen) atoms. The quantitative estimate of drug-likeness (QED) is 0.820. The van der Waals surface area contributed by atoms with Crippen LogP contribution in [0, 0.1) is 0 Å². The van der Waals surface area contributed by atoms with Gasteiger partial charge in [0.2, 0.25) is 0 Å². The molecule has 0 radical (unpaired) electrons. The highest BCUT2D eigenvalue weighted by atomic mass is 16.5. The molecule has 1 aliphatic rings. The van der Waals surface area contributed by atoms with Gasteiger partial charge in [0, 0.05) is 11.6 Å². The Bertz CT molecular complexity index is 394. The van der Waals surface area contributed by atoms with Crippen LogP contribution < -0.4 is 10.5 Å². The van der Waals surface area contributed by atoms with Crippen LogP contribution in [0.25, 0.3) is 0 Å². The van der Waals surface area contributed by atoms with Gasteiger partial charge in [-0.1, -0.05) is 38.0 Å². The molecule has 1 aromatic carbocycles. The highest BCUT2D eigenvalue weighted by Crippen LogP contribution is 2.29. The van der Waals surface area contributed by atoms with Gasteiger partial charge in [-0.05, 0) is 31.7 Å². The molecular formula is C16H25NO2. The van der Waals surface area contributed by atoms with E-state index in [2.05, 4.69) is 6.92 Å². The van der Waals surface area contributed by atoms with Crippen molar-refractivity contribution in [1.82, 2.24) is 0 Å². The highest BCUT2D eigenvalue weighted by molar-refractivity contribution is 5.36. The second kappa shape index (κ2) is 6.92. The number of aliphatic hydroxyl groups excluding tert-OH is 1. The van der Waals surface area contributed by atoms with Crippen molar-refractivity contribution >= 4 is 0 Å². The van der Waals surface area contributed by atoms with E-state index in [1.165, 1.54) is 6.42 Å². The monoisotopic (exact) mass is 263 g/mol. The third-order valence-corrected chi connectivity index (χ3v) is 3.95. The first-order chi connectivity index (χ1) is 9.22. The van der Waals surface area contributed by atoms with Gasteiger partial charge in [0.25, 0.3) is 0 Å². The van der Waals surface area contributed by atoms with Crippen LogP contribution in [0.2, 0.25) is 0 Å². The van der Waals surface area contributed by atoms with Gasteiger partial charge in [-0.3, -0.25) is 0 Å². The Balaban J connectivity index is 2.13. The summed E-state index contributed by atoms with van der Waals surface area (Å²) >= 11 is 0. The van der Waals surface area contributed by atoms with E-state index in [0.29, 0.717) is 0 Å². The van der Waals surface area contributed by atoms with Crippen LogP contribution in [-0.2, 0) is 0 Å². The minimum Gasteiger partial charge on any atom is -0.487 e. The fourth-order valence-corrected chi connectivity index (χ4v) is 2.67. The van der Waals surface area contributed by atoms with Gasteiger partial charge in [-0.15, -0.1) is 0 Å². The molecule has 3 unspecified atom stereocenters. The van der Waals surface area contributed by atoms with Crippen molar-refractivity contribution in [3.8, 4) is 5.75 Å². The fourth-order valence-electron chi connectivity index (χ4n) is 2.67. The largest absolute Gasteiger partial charge is 0.487 e. The lowest BCUT2D eigenvalue weighted by atomic mass is 10.0. The van der Waals surface area contributed by atoms with E-state index in [-0.39, 0.29) is 18.2 Å². The summed E-state index contributed by atoms with van der Waals surface area (Å²) in [7, 11) is 0. The Morgan fingerprint density at radius 1 is 1.26 bits per heavy atom. The maximum atomic E-state index is 10.1. The highest BCUT2D eigenvalue weighted by Gasteiger charge is 2.24. The second-order valence-corrected chi connectivity index (χ2v) is 5.41. The van der Waals surface area contributed by atoms with Gasteiger partial charge in [-0.25, -0.2) is 0 Å². The van der Waals surface area contributed by atoms with Crippen molar-refractivity contribution in [3.05, 3.63) is 29.8 Å². The minimum atomic E-state index is -0.353. The molecular weight excluding hydrogens is 238 g/mol. The lowest BCUT2D eigenvalue weighted by Gasteiger charge is -2.24. The molecule has 0 aromatic heterocycles. The molecule has 3 heteroatoms. The van der Waals surface area contributed by atoms with Crippen molar-refractivity contribution in [3.63, 3.8) is 0 Å². The zero-order valence-electron chi connectivity index (χ0n) is 11.7. The Hall–Kier alpha value is -1.06. The summed E-state index contributed by atoms with van der Waals surface area (Å²) < 4.78 is 6.07. The van der Waals surface area contributed by atoms with Gasteiger partial charge >= 0.3 is 0 Å². The molecule has 0 amide bonds. The number of ether oxygens (including phenoxy) is 1. The van der Waals surface area contributed by atoms with E-state index in [0.717, 1.165) is 43.4 Å². The van der Waals surface area contributed by atoms with E-state index in [4.69, 9.17) is 10.5 Å². The van der Waals surface area contributed by atoms with Crippen LogP contribution in [0.5, 0.6) is 5.75 Å². The van der Waals surface area contributed by atoms with Crippen LogP contribution in [0.3, 0.4) is 0 Å². The number of aliphatic hydroxyl groups is 1. The first-order valence-electron chi connectivity index (χ1n) is 7.41. The van der Waals surface area contributed by atoms with E-state index in [1.54, 1.807) is 0 Å². The standard InChI is InChI=1S/C16H25NO2/c1-2-13(17)12-8-6-7-10-15(12)19-16-11-5-3-4-9-14(16)18/h6-8,10,13-14,16,18H,2-5,9,11,17H2,1H3. The van der Waals surface area contributed by atoms with Gasteiger partial charge in [0.15, 0.2) is 0 Å². The third-order valence-electron chi connectivity index (χ3n) is 3.95. The van der Waals surface area contributed by atoms with Gasteiger partial charge in [0.1, 0.15) is 11.9 Å². The zero-order chi connectivity index (χ0) is 13.7. The maximum Gasteiger partial charge on any atom is 0.124 e. The van der Waals surface area contributed by atoms with E-state index < -0.39 is 0 Å². The van der Waals surface area contributed by atoms with E-state index in [1.807, 2.05) is 24.3 Å². The maximum absolute atomic E-state index is 10.1. The average Bonchev–Trinajstić information content (AvgIpc) is 2.64. The third kappa shape index (κ3) is 3.71. The summed E-state index contributed by atoms with van der Waals surface area (Å²) in [4.78, 5) is 0. The zero-order valence-corrected chi connectivity index (χ0v) is 11.7. The van der Waals surface area contributed by atoms with Crippen molar-refractivity contribution in [2.45, 2.75) is 63.7 Å². The predicted molar refractivity (Wildman–Crippen MR) is 77.2 cm³/mol. The number of rotatable bonds is 4. The van der Waals surface area contributed by atoms with E-state index >= 15 is 0 Å². The van der Waals surface area contributed by atoms with Gasteiger partial charge < -0.3 is 15.6 Å². The fraction of sp³-hybridized carbons (Fsp3) is 0.625. The molecule has 0 heterocycles. The van der Waals surface area contributed by atoms with Gasteiger partial charge in [0.05, 0.1) is 6.10 Å². The second-order valence-electron chi connectivity index (χ2n) is 5.41. The first kappa shape index (κ1) is 14.4. The predicted octanol–water partition coefficient (Wildman–Crippen LogP) is 3.17. The molecule has 2 rings (SSSR count). The van der Waals surface area contributed by atoms with Crippen molar-refractivity contribution in [2.24, 2.45) is 5.73 Å². The van der Waals surface area contributed by atoms with Gasteiger partial charge in [-0.2, -0.15) is 0 Å². The molecule has 3 N–H and O–H groups in total. The molecule has 1 aliphatic carbocycles. The van der Waals surface area contributed by atoms with Crippen LogP contribution in [-0.4, -0.2) is 17.3 Å². The summed E-state index contributed by atoms with van der Waals surface area (Å²) in [6, 6.07) is 7.93. The Labute approximate surface area is 115 Å². The molecule has 0 saturated heterocycles. The van der Waals surface area contributed by atoms with Crippen molar-refractivity contribution in [2.75, 3.05) is 0 Å². The topological polar surface area (TPSA) is 55.5 Å². The van der Waals surface area contributed by atoms with Crippen LogP contribution in [0.15, 0.2) is 24.3 Å². The molecule has 0 spiro atoms. The van der Waals surface area contributed by atoms with E-state index in [9.17, 15) is 5.11 Å². The molecule has 0 bridgehead atoms. The lowest BCUT2D eigenvalue weighted by Crippen LogP contribution is -2.31. The SMILES string of the molecule is CCC(N)c1ccccc1OC1CCCCCC1O. The molecule has 1 fully saturated rings. The molecule has 106 valence electrons. The minimum absolute atomic E-state index is 0.000814. The first-order valence-corrected chi connectivity index (χ1v) is 7.41. The number of hydrogen-bond donors (Lipinski definition) is 2. The molecule has 1 saturated carbocycles. The number of hydrogen-bond acceptors (Lipinski definition) is 3. The Morgan fingerprint density at radius 3 is 2.79 bits per heavy atom. The number of nitrogens with two attached hydrogens (primary N) is 1. The number of para-hydroxylation sites is 1. The van der Waals surface area contributed by atoms with Crippen LogP contribution >= 0.6 is 0 Å². The van der Waals surface area contributed by atoms with Crippen LogP contribution in [0.1, 0.15) is 57.1 Å². The Morgan fingerprint density at radius 2 is 2.00 bits per heavy atom. The molecule has 1 aromatic rings. The van der Waals surface area contributed by atoms with Crippen molar-refractivity contribution in [1.29, 1.82) is 0 Å². The summed E-state index contributed by atoms with van der Waals surface area (Å²) in [5.41, 5.74) is 7.17. The molecule has 0 aliphatic heterocycles. The summed E-state index contributed by atoms with van der Waals surface area (Å²) in [5.74, 6) is 0.836. The molecule has 3 nitrogen and oxygen atoms in total. The summed E-state index contributed by atoms with van der Waals surface area (Å²) in [6.07, 6.45) is 5.62. The average molecular weight is 263 g/mol. The van der Waals surface area contributed by atoms with Crippen molar-refractivity contribution < 1.29 is 9.84 Å². The molecule has 3 atom stereocenters. The van der Waals surface area contributed by atoms with Crippen LogP contribution in [0.4, 0.5) is 0 Å². The normalized spacial score (nSPS) is 25.6. The summed E-state index contributed by atoms with van der Waals surface area (Å²) in [5, 5.41) is 10.1. The lowest BCUT2D eigenvalue weighted by molar-refractivity contribution is 0.0312. The summed E-state index contributed by atoms with van der Waals surface area (Å²) in [6.45, 7) is 2.07. The number of benzene rings is 1. The Kier molecular flexibility index (Phi) is 5.23. The smallest absolute Gasteiger partial charge is 0.124 e.